The first-order valence-corrected chi connectivity index (χ1v) is 7.52. The van der Waals surface area contributed by atoms with E-state index in [0.29, 0.717) is 23.1 Å². The number of aryl methyl sites for hydroxylation is 1. The third-order valence-corrected chi connectivity index (χ3v) is 4.04. The zero-order chi connectivity index (χ0) is 16.6. The Hall–Kier alpha value is -2.17. The maximum Gasteiger partial charge on any atom is 0.153 e. The molecule has 0 radical (unpaired) electrons. The Morgan fingerprint density at radius 2 is 1.83 bits per heavy atom. The van der Waals surface area contributed by atoms with E-state index in [1.54, 1.807) is 10.9 Å². The summed E-state index contributed by atoms with van der Waals surface area (Å²) in [5.41, 5.74) is 2.84. The van der Waals surface area contributed by atoms with Crippen molar-refractivity contribution in [2.24, 2.45) is 0 Å². The third-order valence-electron chi connectivity index (χ3n) is 3.43. The second kappa shape index (κ2) is 6.14. The SMILES string of the molecule is Cc1ccc(-n2cc(C=O)c(-c3cc(F)c(Cl)cc3Cl)n2)cc1. The Bertz CT molecular complexity index is 888. The number of hydrogen-bond donors (Lipinski definition) is 0. The third kappa shape index (κ3) is 3.00. The lowest BCUT2D eigenvalue weighted by atomic mass is 10.1. The zero-order valence-electron chi connectivity index (χ0n) is 12.1. The molecule has 3 aromatic rings. The van der Waals surface area contributed by atoms with Gasteiger partial charge in [0.1, 0.15) is 11.5 Å². The molecule has 6 heteroatoms. The second-order valence-corrected chi connectivity index (χ2v) is 5.89. The summed E-state index contributed by atoms with van der Waals surface area (Å²) in [6.45, 7) is 1.98. The van der Waals surface area contributed by atoms with Gasteiger partial charge >= 0.3 is 0 Å². The molecule has 3 rings (SSSR count). The van der Waals surface area contributed by atoms with E-state index in [1.165, 1.54) is 12.1 Å². The van der Waals surface area contributed by atoms with E-state index < -0.39 is 5.82 Å². The van der Waals surface area contributed by atoms with E-state index in [4.69, 9.17) is 23.2 Å². The Morgan fingerprint density at radius 3 is 2.48 bits per heavy atom. The average molecular weight is 349 g/mol. The van der Waals surface area contributed by atoms with Gasteiger partial charge in [-0.25, -0.2) is 9.07 Å². The number of rotatable bonds is 3. The van der Waals surface area contributed by atoms with Crippen LogP contribution in [0.25, 0.3) is 16.9 Å². The standard InChI is InChI=1S/C17H11Cl2FN2O/c1-10-2-4-12(5-3-10)22-8-11(9-23)17(21-22)13-6-16(20)15(19)7-14(13)18/h2-9H,1H3. The minimum atomic E-state index is -0.618. The predicted octanol–water partition coefficient (Wildman–Crippen LogP) is 5.11. The van der Waals surface area contributed by atoms with Crippen LogP contribution in [0.5, 0.6) is 0 Å². The topological polar surface area (TPSA) is 34.9 Å². The number of aromatic nitrogens is 2. The van der Waals surface area contributed by atoms with Crippen molar-refractivity contribution in [1.29, 1.82) is 0 Å². The van der Waals surface area contributed by atoms with E-state index in [2.05, 4.69) is 5.10 Å². The van der Waals surface area contributed by atoms with Crippen LogP contribution in [0.1, 0.15) is 15.9 Å². The van der Waals surface area contributed by atoms with E-state index in [1.807, 2.05) is 31.2 Å². The summed E-state index contributed by atoms with van der Waals surface area (Å²) in [6.07, 6.45) is 2.24. The second-order valence-electron chi connectivity index (χ2n) is 5.08. The molecular weight excluding hydrogens is 338 g/mol. The number of hydrogen-bond acceptors (Lipinski definition) is 2. The first kappa shape index (κ1) is 15.7. The van der Waals surface area contributed by atoms with E-state index in [0.717, 1.165) is 11.3 Å². The largest absolute Gasteiger partial charge is 0.298 e. The summed E-state index contributed by atoms with van der Waals surface area (Å²) in [6, 6.07) is 10.1. The van der Waals surface area contributed by atoms with Gasteiger partial charge in [-0.3, -0.25) is 4.79 Å². The van der Waals surface area contributed by atoms with E-state index >= 15 is 0 Å². The number of carbonyl (C=O) groups is 1. The van der Waals surface area contributed by atoms with Crippen molar-refractivity contribution in [2.75, 3.05) is 0 Å². The summed E-state index contributed by atoms with van der Waals surface area (Å²) in [4.78, 5) is 11.3. The normalized spacial score (nSPS) is 10.8. The first-order valence-electron chi connectivity index (χ1n) is 6.76. The quantitative estimate of drug-likeness (QED) is 0.487. The Kier molecular flexibility index (Phi) is 4.20. The number of benzene rings is 2. The molecule has 1 heterocycles. The van der Waals surface area contributed by atoms with Crippen LogP contribution in [0, 0.1) is 12.7 Å². The number of carbonyl (C=O) groups excluding carboxylic acids is 1. The maximum absolute atomic E-state index is 13.7. The molecule has 0 saturated carbocycles. The summed E-state index contributed by atoms with van der Waals surface area (Å²) in [5, 5.41) is 4.52. The van der Waals surface area contributed by atoms with Crippen LogP contribution in [-0.2, 0) is 0 Å². The summed E-state index contributed by atoms with van der Waals surface area (Å²) in [7, 11) is 0. The van der Waals surface area contributed by atoms with Crippen molar-refractivity contribution < 1.29 is 9.18 Å². The molecule has 0 amide bonds. The zero-order valence-corrected chi connectivity index (χ0v) is 13.6. The van der Waals surface area contributed by atoms with Crippen LogP contribution >= 0.6 is 23.2 Å². The highest BCUT2D eigenvalue weighted by Gasteiger charge is 2.17. The minimum Gasteiger partial charge on any atom is -0.298 e. The van der Waals surface area contributed by atoms with E-state index in [-0.39, 0.29) is 10.0 Å². The fraction of sp³-hybridized carbons (Fsp3) is 0.0588. The Balaban J connectivity index is 2.15. The molecule has 0 saturated heterocycles. The molecule has 2 aromatic carbocycles. The molecule has 0 aliphatic heterocycles. The molecule has 1 aromatic heterocycles. The fourth-order valence-electron chi connectivity index (χ4n) is 2.22. The molecule has 0 spiro atoms. The molecule has 0 N–H and O–H groups in total. The molecule has 0 bridgehead atoms. The van der Waals surface area contributed by atoms with Crippen LogP contribution in [0.3, 0.4) is 0 Å². The highest BCUT2D eigenvalue weighted by molar-refractivity contribution is 6.36. The highest BCUT2D eigenvalue weighted by Crippen LogP contribution is 2.33. The summed E-state index contributed by atoms with van der Waals surface area (Å²) in [5.74, 6) is -0.618. The molecule has 23 heavy (non-hydrogen) atoms. The molecule has 3 nitrogen and oxygen atoms in total. The van der Waals surface area contributed by atoms with Gasteiger partial charge in [0.2, 0.25) is 0 Å². The van der Waals surface area contributed by atoms with Crippen LogP contribution in [0.4, 0.5) is 4.39 Å². The van der Waals surface area contributed by atoms with Crippen LogP contribution in [0.2, 0.25) is 10.0 Å². The first-order chi connectivity index (χ1) is 11.0. The lowest BCUT2D eigenvalue weighted by Crippen LogP contribution is -1.95. The minimum absolute atomic E-state index is 0.0793. The van der Waals surface area contributed by atoms with Gasteiger partial charge in [0, 0.05) is 11.8 Å². The van der Waals surface area contributed by atoms with Gasteiger partial charge in [0.05, 0.1) is 21.3 Å². The smallest absolute Gasteiger partial charge is 0.153 e. The van der Waals surface area contributed by atoms with E-state index in [9.17, 15) is 9.18 Å². The van der Waals surface area contributed by atoms with Gasteiger partial charge in [-0.2, -0.15) is 5.10 Å². The molecular formula is C17H11Cl2FN2O. The van der Waals surface area contributed by atoms with Gasteiger partial charge in [-0.1, -0.05) is 40.9 Å². The Labute approximate surface area is 142 Å². The molecule has 0 unspecified atom stereocenters. The summed E-state index contributed by atoms with van der Waals surface area (Å²) < 4.78 is 15.3. The number of halogens is 3. The molecule has 0 aliphatic rings. The van der Waals surface area contributed by atoms with Crippen molar-refractivity contribution in [3.8, 4) is 16.9 Å². The Morgan fingerprint density at radius 1 is 1.13 bits per heavy atom. The molecule has 116 valence electrons. The van der Waals surface area contributed by atoms with Crippen LogP contribution < -0.4 is 0 Å². The van der Waals surface area contributed by atoms with Gasteiger partial charge in [0.15, 0.2) is 6.29 Å². The van der Waals surface area contributed by atoms with Crippen molar-refractivity contribution in [2.45, 2.75) is 6.92 Å². The van der Waals surface area contributed by atoms with Crippen molar-refractivity contribution >= 4 is 29.5 Å². The molecule has 0 atom stereocenters. The van der Waals surface area contributed by atoms with Gasteiger partial charge in [-0.05, 0) is 31.2 Å². The van der Waals surface area contributed by atoms with Crippen molar-refractivity contribution in [3.63, 3.8) is 0 Å². The number of nitrogens with zero attached hydrogens (tertiary/aromatic N) is 2. The predicted molar refractivity (Wildman–Crippen MR) is 89.1 cm³/mol. The van der Waals surface area contributed by atoms with Gasteiger partial charge in [0.25, 0.3) is 0 Å². The number of aldehydes is 1. The van der Waals surface area contributed by atoms with Gasteiger partial charge in [-0.15, -0.1) is 0 Å². The monoisotopic (exact) mass is 348 g/mol. The molecule has 0 fully saturated rings. The van der Waals surface area contributed by atoms with Crippen molar-refractivity contribution in [3.05, 3.63) is 69.6 Å². The average Bonchev–Trinajstić information content (AvgIpc) is 2.95. The van der Waals surface area contributed by atoms with Crippen LogP contribution in [-0.4, -0.2) is 16.1 Å². The van der Waals surface area contributed by atoms with Crippen molar-refractivity contribution in [1.82, 2.24) is 9.78 Å². The van der Waals surface area contributed by atoms with Gasteiger partial charge < -0.3 is 0 Å². The molecule has 0 aliphatic carbocycles. The lowest BCUT2D eigenvalue weighted by molar-refractivity contribution is 0.112. The maximum atomic E-state index is 13.7. The lowest BCUT2D eigenvalue weighted by Gasteiger charge is -2.04. The summed E-state index contributed by atoms with van der Waals surface area (Å²) >= 11 is 11.8. The fourth-order valence-corrected chi connectivity index (χ4v) is 2.69. The van der Waals surface area contributed by atoms with Crippen LogP contribution in [0.15, 0.2) is 42.6 Å². The highest BCUT2D eigenvalue weighted by atomic mass is 35.5.